The van der Waals surface area contributed by atoms with Crippen LogP contribution in [0.1, 0.15) is 32.1 Å². The van der Waals surface area contributed by atoms with Crippen LogP contribution in [0, 0.1) is 0 Å². The smallest absolute Gasteiger partial charge is 0.221 e. The lowest BCUT2D eigenvalue weighted by Gasteiger charge is -2.29. The van der Waals surface area contributed by atoms with Crippen LogP contribution in [0.2, 0.25) is 0 Å². The average Bonchev–Trinajstić information content (AvgIpc) is 2.38. The molecule has 2 aliphatic rings. The summed E-state index contributed by atoms with van der Waals surface area (Å²) in [4.78, 5) is 12.0. The van der Waals surface area contributed by atoms with E-state index in [1.54, 1.807) is 0 Å². The number of sulfone groups is 1. The molecule has 0 bridgehead atoms. The lowest BCUT2D eigenvalue weighted by molar-refractivity contribution is -0.122. The van der Waals surface area contributed by atoms with Crippen molar-refractivity contribution in [2.45, 2.75) is 49.4 Å². The molecule has 0 aromatic rings. The van der Waals surface area contributed by atoms with Gasteiger partial charge in [-0.1, -0.05) is 0 Å². The van der Waals surface area contributed by atoms with Crippen LogP contribution < -0.4 is 10.6 Å². The molecule has 0 aromatic heterocycles. The van der Waals surface area contributed by atoms with Gasteiger partial charge in [0.25, 0.3) is 0 Å². The van der Waals surface area contributed by atoms with Crippen molar-refractivity contribution in [3.8, 4) is 0 Å². The second-order valence-corrected chi connectivity index (χ2v) is 9.11. The third kappa shape index (κ3) is 4.93. The van der Waals surface area contributed by atoms with E-state index < -0.39 is 9.84 Å². The second kappa shape index (κ2) is 7.13. The van der Waals surface area contributed by atoms with Gasteiger partial charge >= 0.3 is 0 Å². The largest absolute Gasteiger partial charge is 0.353 e. The average molecular weight is 320 g/mol. The van der Waals surface area contributed by atoms with Crippen LogP contribution in [0.5, 0.6) is 0 Å². The number of carbonyl (C=O) groups excluding carboxylic acids is 1. The van der Waals surface area contributed by atoms with E-state index in [0.29, 0.717) is 6.54 Å². The Morgan fingerprint density at radius 1 is 1.30 bits per heavy atom. The van der Waals surface area contributed by atoms with Crippen LogP contribution in [0.15, 0.2) is 0 Å². The van der Waals surface area contributed by atoms with E-state index in [1.807, 2.05) is 11.8 Å². The zero-order valence-electron chi connectivity index (χ0n) is 11.9. The zero-order chi connectivity index (χ0) is 14.6. The van der Waals surface area contributed by atoms with E-state index in [-0.39, 0.29) is 35.9 Å². The maximum atomic E-state index is 12.0. The molecule has 116 valence electrons. The van der Waals surface area contributed by atoms with Gasteiger partial charge in [0.15, 0.2) is 9.84 Å². The summed E-state index contributed by atoms with van der Waals surface area (Å²) in [5, 5.41) is 6.90. The normalized spacial score (nSPS) is 33.5. The molecule has 20 heavy (non-hydrogen) atoms. The Bertz CT molecular complexity index is 431. The van der Waals surface area contributed by atoms with E-state index >= 15 is 0 Å². The molecule has 7 heteroatoms. The molecule has 1 amide bonds. The third-order valence-electron chi connectivity index (χ3n) is 4.11. The molecule has 1 saturated carbocycles. The van der Waals surface area contributed by atoms with Crippen LogP contribution in [-0.4, -0.2) is 56.0 Å². The summed E-state index contributed by atoms with van der Waals surface area (Å²) in [6, 6.07) is 0.0439. The predicted octanol–water partition coefficient (Wildman–Crippen LogP) is 0.554. The summed E-state index contributed by atoms with van der Waals surface area (Å²) in [6.45, 7) is 0.457. The summed E-state index contributed by atoms with van der Waals surface area (Å²) >= 11 is 1.91. The minimum Gasteiger partial charge on any atom is -0.353 e. The van der Waals surface area contributed by atoms with Crippen LogP contribution in [0.4, 0.5) is 0 Å². The van der Waals surface area contributed by atoms with Crippen molar-refractivity contribution in [1.82, 2.24) is 10.6 Å². The standard InChI is InChI=1S/C13H24N2O3S2/c1-19-12-4-2-10(3-5-12)15-13(16)8-11-9-20(17,18)7-6-14-11/h10-12,14H,2-9H2,1H3,(H,15,16). The molecule has 1 aliphatic heterocycles. The van der Waals surface area contributed by atoms with Crippen LogP contribution in [0.3, 0.4) is 0 Å². The molecule has 1 atom stereocenters. The first-order valence-electron chi connectivity index (χ1n) is 7.24. The van der Waals surface area contributed by atoms with Crippen molar-refractivity contribution in [3.63, 3.8) is 0 Å². The van der Waals surface area contributed by atoms with Gasteiger partial charge in [-0.15, -0.1) is 0 Å². The van der Waals surface area contributed by atoms with Gasteiger partial charge < -0.3 is 10.6 Å². The number of carbonyl (C=O) groups is 1. The Labute approximate surface area is 125 Å². The highest BCUT2D eigenvalue weighted by molar-refractivity contribution is 7.99. The fraction of sp³-hybridized carbons (Fsp3) is 0.923. The van der Waals surface area contributed by atoms with Crippen LogP contribution >= 0.6 is 11.8 Å². The van der Waals surface area contributed by atoms with Gasteiger partial charge in [0.1, 0.15) is 0 Å². The summed E-state index contributed by atoms with van der Waals surface area (Å²) in [7, 11) is -2.97. The molecule has 0 aromatic carbocycles. The Balaban J connectivity index is 1.73. The topological polar surface area (TPSA) is 75.3 Å². The molecule has 1 unspecified atom stereocenters. The Hall–Kier alpha value is -0.270. The quantitative estimate of drug-likeness (QED) is 0.791. The lowest BCUT2D eigenvalue weighted by Crippen LogP contribution is -2.48. The molecule has 5 nitrogen and oxygen atoms in total. The zero-order valence-corrected chi connectivity index (χ0v) is 13.6. The number of thioether (sulfide) groups is 1. The summed E-state index contributed by atoms with van der Waals surface area (Å²) in [5.74, 6) is 0.246. The number of nitrogens with one attached hydrogen (secondary N) is 2. The van der Waals surface area contributed by atoms with E-state index in [9.17, 15) is 13.2 Å². The lowest BCUT2D eigenvalue weighted by atomic mass is 9.95. The van der Waals surface area contributed by atoms with E-state index in [0.717, 1.165) is 30.9 Å². The highest BCUT2D eigenvalue weighted by atomic mass is 32.2. The fourth-order valence-electron chi connectivity index (χ4n) is 2.95. The second-order valence-electron chi connectivity index (χ2n) is 5.75. The van der Waals surface area contributed by atoms with Crippen molar-refractivity contribution < 1.29 is 13.2 Å². The minimum atomic E-state index is -2.97. The summed E-state index contributed by atoms with van der Waals surface area (Å²) in [6.07, 6.45) is 6.78. The molecule has 1 aliphatic carbocycles. The van der Waals surface area contributed by atoms with Gasteiger partial charge in [0.05, 0.1) is 11.5 Å². The molecule has 0 spiro atoms. The highest BCUT2D eigenvalue weighted by Gasteiger charge is 2.27. The number of hydrogen-bond acceptors (Lipinski definition) is 5. The van der Waals surface area contributed by atoms with Crippen molar-refractivity contribution in [2.75, 3.05) is 24.3 Å². The number of hydrogen-bond donors (Lipinski definition) is 2. The predicted molar refractivity (Wildman–Crippen MR) is 82.8 cm³/mol. The van der Waals surface area contributed by atoms with E-state index in [2.05, 4.69) is 16.9 Å². The van der Waals surface area contributed by atoms with Crippen LogP contribution in [0.25, 0.3) is 0 Å². The first kappa shape index (κ1) is 16.1. The fourth-order valence-corrected chi connectivity index (χ4v) is 5.14. The van der Waals surface area contributed by atoms with E-state index in [1.165, 1.54) is 0 Å². The molecule has 2 rings (SSSR count). The summed E-state index contributed by atoms with van der Waals surface area (Å²) in [5.41, 5.74) is 0. The summed E-state index contributed by atoms with van der Waals surface area (Å²) < 4.78 is 23.1. The first-order valence-corrected chi connectivity index (χ1v) is 10.4. The molecule has 2 N–H and O–H groups in total. The van der Waals surface area contributed by atoms with E-state index in [4.69, 9.17) is 0 Å². The highest BCUT2D eigenvalue weighted by Crippen LogP contribution is 2.26. The number of rotatable bonds is 4. The SMILES string of the molecule is CSC1CCC(NC(=O)CC2CS(=O)(=O)CCN2)CC1. The molecule has 0 radical (unpaired) electrons. The molecule has 1 heterocycles. The van der Waals surface area contributed by atoms with Crippen molar-refractivity contribution in [1.29, 1.82) is 0 Å². The van der Waals surface area contributed by atoms with Crippen molar-refractivity contribution in [3.05, 3.63) is 0 Å². The van der Waals surface area contributed by atoms with Crippen LogP contribution in [-0.2, 0) is 14.6 Å². The third-order valence-corrected chi connectivity index (χ3v) is 6.98. The van der Waals surface area contributed by atoms with Gasteiger partial charge in [-0.05, 0) is 31.9 Å². The monoisotopic (exact) mass is 320 g/mol. The molecular formula is C13H24N2O3S2. The van der Waals surface area contributed by atoms with Gasteiger partial charge in [-0.3, -0.25) is 4.79 Å². The molecular weight excluding hydrogens is 296 g/mol. The molecule has 2 fully saturated rings. The number of amides is 1. The van der Waals surface area contributed by atoms with Gasteiger partial charge in [0, 0.05) is 30.3 Å². The first-order chi connectivity index (χ1) is 9.48. The Kier molecular flexibility index (Phi) is 5.74. The maximum Gasteiger partial charge on any atom is 0.221 e. The van der Waals surface area contributed by atoms with Crippen molar-refractivity contribution in [2.24, 2.45) is 0 Å². The Morgan fingerprint density at radius 2 is 2.00 bits per heavy atom. The Morgan fingerprint density at radius 3 is 2.60 bits per heavy atom. The van der Waals surface area contributed by atoms with Crippen molar-refractivity contribution >= 4 is 27.5 Å². The molecule has 1 saturated heterocycles. The maximum absolute atomic E-state index is 12.0. The van der Waals surface area contributed by atoms with Gasteiger partial charge in [-0.25, -0.2) is 8.42 Å². The minimum absolute atomic E-state index is 0.0211. The van der Waals surface area contributed by atoms with Gasteiger partial charge in [-0.2, -0.15) is 11.8 Å². The van der Waals surface area contributed by atoms with Gasteiger partial charge in [0.2, 0.25) is 5.91 Å².